The molecule has 0 unspecified atom stereocenters. The van der Waals surface area contributed by atoms with E-state index in [1.165, 1.54) is 6.07 Å². The van der Waals surface area contributed by atoms with Gasteiger partial charge in [-0.15, -0.1) is 0 Å². The van der Waals surface area contributed by atoms with Crippen LogP contribution in [0.15, 0.2) is 73.1 Å². The zero-order valence-corrected chi connectivity index (χ0v) is 19.3. The number of halogens is 1. The number of aryl methyl sites for hydroxylation is 2. The number of nitrogens with zero attached hydrogens (tertiary/aromatic N) is 4. The van der Waals surface area contributed by atoms with Gasteiger partial charge in [-0.1, -0.05) is 18.2 Å². The molecule has 8 heteroatoms. The SMILES string of the molecule is Cc1cnc2c(c1)nc(-c1cccnc1N)n2-c1ccc(CNC(=O)c2ccc(C)c(F)c2)cc1. The normalized spacial score (nSPS) is 11.1. The van der Waals surface area contributed by atoms with Crippen LogP contribution in [0.25, 0.3) is 28.2 Å². The number of hydrogen-bond acceptors (Lipinski definition) is 5. The molecule has 0 spiro atoms. The number of nitrogens with one attached hydrogen (secondary N) is 1. The monoisotopic (exact) mass is 466 g/mol. The summed E-state index contributed by atoms with van der Waals surface area (Å²) in [5.41, 5.74) is 11.9. The number of benzene rings is 2. The van der Waals surface area contributed by atoms with Gasteiger partial charge in [-0.25, -0.2) is 19.3 Å². The van der Waals surface area contributed by atoms with Crippen molar-refractivity contribution in [2.45, 2.75) is 20.4 Å². The molecule has 5 aromatic rings. The van der Waals surface area contributed by atoms with E-state index in [1.807, 2.05) is 54.0 Å². The average molecular weight is 467 g/mol. The first-order chi connectivity index (χ1) is 16.9. The molecule has 0 radical (unpaired) electrons. The molecule has 3 heterocycles. The van der Waals surface area contributed by atoms with Crippen LogP contribution >= 0.6 is 0 Å². The molecule has 0 aliphatic rings. The molecular formula is C27H23FN6O. The Morgan fingerprint density at radius 3 is 2.60 bits per heavy atom. The maximum atomic E-state index is 13.8. The van der Waals surface area contributed by atoms with E-state index in [0.29, 0.717) is 35.0 Å². The number of nitrogen functional groups attached to an aromatic ring is 1. The largest absolute Gasteiger partial charge is 0.383 e. The molecule has 3 N–H and O–H groups in total. The van der Waals surface area contributed by atoms with E-state index in [0.717, 1.165) is 22.3 Å². The van der Waals surface area contributed by atoms with E-state index in [-0.39, 0.29) is 11.5 Å². The van der Waals surface area contributed by atoms with Crippen molar-refractivity contribution in [3.8, 4) is 17.1 Å². The van der Waals surface area contributed by atoms with Crippen LogP contribution < -0.4 is 11.1 Å². The van der Waals surface area contributed by atoms with E-state index in [9.17, 15) is 9.18 Å². The maximum absolute atomic E-state index is 13.8. The summed E-state index contributed by atoms with van der Waals surface area (Å²) in [6, 6.07) is 17.8. The van der Waals surface area contributed by atoms with E-state index < -0.39 is 5.82 Å². The average Bonchev–Trinajstić information content (AvgIpc) is 3.23. The van der Waals surface area contributed by atoms with Gasteiger partial charge in [0.05, 0.1) is 5.56 Å². The van der Waals surface area contributed by atoms with Crippen LogP contribution in [0.2, 0.25) is 0 Å². The number of aromatic nitrogens is 4. The number of carbonyl (C=O) groups is 1. The minimum atomic E-state index is -0.400. The van der Waals surface area contributed by atoms with Crippen molar-refractivity contribution in [2.75, 3.05) is 5.73 Å². The lowest BCUT2D eigenvalue weighted by Crippen LogP contribution is -2.22. The van der Waals surface area contributed by atoms with Gasteiger partial charge in [-0.05, 0) is 73.0 Å². The highest BCUT2D eigenvalue weighted by Gasteiger charge is 2.18. The van der Waals surface area contributed by atoms with Crippen LogP contribution in [0, 0.1) is 19.7 Å². The molecule has 0 aliphatic carbocycles. The second-order valence-electron chi connectivity index (χ2n) is 8.38. The van der Waals surface area contributed by atoms with Gasteiger partial charge in [0.15, 0.2) is 11.5 Å². The quantitative estimate of drug-likeness (QED) is 0.389. The highest BCUT2D eigenvalue weighted by atomic mass is 19.1. The Morgan fingerprint density at radius 2 is 1.86 bits per heavy atom. The summed E-state index contributed by atoms with van der Waals surface area (Å²) >= 11 is 0. The second kappa shape index (κ2) is 8.98. The number of rotatable bonds is 5. The molecule has 0 saturated heterocycles. The van der Waals surface area contributed by atoms with Gasteiger partial charge in [0.1, 0.15) is 17.2 Å². The Morgan fingerprint density at radius 1 is 1.06 bits per heavy atom. The van der Waals surface area contributed by atoms with E-state index in [1.54, 1.807) is 31.5 Å². The molecule has 0 aliphatic heterocycles. The summed E-state index contributed by atoms with van der Waals surface area (Å²) in [5.74, 6) is 0.296. The van der Waals surface area contributed by atoms with Crippen molar-refractivity contribution < 1.29 is 9.18 Å². The summed E-state index contributed by atoms with van der Waals surface area (Å²) in [5, 5.41) is 2.83. The molecule has 0 atom stereocenters. The van der Waals surface area contributed by atoms with Crippen LogP contribution in [0.3, 0.4) is 0 Å². The van der Waals surface area contributed by atoms with Crippen molar-refractivity contribution in [1.29, 1.82) is 0 Å². The van der Waals surface area contributed by atoms with Gasteiger partial charge in [0, 0.05) is 30.2 Å². The molecule has 3 aromatic heterocycles. The maximum Gasteiger partial charge on any atom is 0.251 e. The summed E-state index contributed by atoms with van der Waals surface area (Å²) < 4.78 is 15.7. The summed E-state index contributed by atoms with van der Waals surface area (Å²) in [6.07, 6.45) is 3.44. The topological polar surface area (TPSA) is 98.7 Å². The van der Waals surface area contributed by atoms with Crippen molar-refractivity contribution in [1.82, 2.24) is 24.8 Å². The number of carbonyl (C=O) groups excluding carboxylic acids is 1. The van der Waals surface area contributed by atoms with Crippen LogP contribution in [0.4, 0.5) is 10.2 Å². The number of hydrogen-bond donors (Lipinski definition) is 2. The van der Waals surface area contributed by atoms with Crippen LogP contribution in [0.1, 0.15) is 27.0 Å². The zero-order chi connectivity index (χ0) is 24.5. The highest BCUT2D eigenvalue weighted by molar-refractivity contribution is 5.94. The van der Waals surface area contributed by atoms with Gasteiger partial charge in [0.2, 0.25) is 0 Å². The van der Waals surface area contributed by atoms with Gasteiger partial charge < -0.3 is 11.1 Å². The van der Waals surface area contributed by atoms with E-state index in [2.05, 4.69) is 15.3 Å². The van der Waals surface area contributed by atoms with E-state index >= 15 is 0 Å². The smallest absolute Gasteiger partial charge is 0.251 e. The molecule has 174 valence electrons. The molecule has 0 saturated carbocycles. The van der Waals surface area contributed by atoms with Crippen LogP contribution in [-0.4, -0.2) is 25.4 Å². The molecule has 1 amide bonds. The first-order valence-corrected chi connectivity index (χ1v) is 11.1. The molecule has 5 rings (SSSR count). The van der Waals surface area contributed by atoms with Gasteiger partial charge >= 0.3 is 0 Å². The lowest BCUT2D eigenvalue weighted by atomic mass is 10.1. The Hall–Kier alpha value is -4.59. The van der Waals surface area contributed by atoms with Gasteiger partial charge in [-0.2, -0.15) is 0 Å². The van der Waals surface area contributed by atoms with Crippen LogP contribution in [-0.2, 0) is 6.54 Å². The Labute approximate surface area is 201 Å². The Kier molecular flexibility index (Phi) is 5.70. The molecule has 35 heavy (non-hydrogen) atoms. The predicted molar refractivity (Wildman–Crippen MR) is 134 cm³/mol. The number of fused-ring (bicyclic) bond motifs is 1. The molecule has 0 fully saturated rings. The van der Waals surface area contributed by atoms with Gasteiger partial charge in [-0.3, -0.25) is 9.36 Å². The number of anilines is 1. The zero-order valence-electron chi connectivity index (χ0n) is 19.3. The molecule has 2 aromatic carbocycles. The van der Waals surface area contributed by atoms with Crippen molar-refractivity contribution in [2.24, 2.45) is 0 Å². The Bertz CT molecular complexity index is 1560. The van der Waals surface area contributed by atoms with Gasteiger partial charge in [0.25, 0.3) is 5.91 Å². The molecule has 7 nitrogen and oxygen atoms in total. The fraction of sp³-hybridized carbons (Fsp3) is 0.111. The Balaban J connectivity index is 1.45. The number of pyridine rings is 2. The number of imidazole rings is 1. The second-order valence-corrected chi connectivity index (χ2v) is 8.38. The third-order valence-electron chi connectivity index (χ3n) is 5.79. The fourth-order valence-electron chi connectivity index (χ4n) is 3.88. The lowest BCUT2D eigenvalue weighted by molar-refractivity contribution is 0.0950. The number of amides is 1. The summed E-state index contributed by atoms with van der Waals surface area (Å²) in [4.78, 5) is 26.1. The standard InChI is InChI=1S/C27H23FN6O/c1-16-12-23-26(31-14-16)34(25(33-23)21-4-3-11-30-24(21)29)20-9-6-18(7-10-20)15-32-27(35)19-8-5-17(2)22(28)13-19/h3-14H,15H2,1-2H3,(H2,29,30)(H,32,35). The van der Waals surface area contributed by atoms with Crippen LogP contribution in [0.5, 0.6) is 0 Å². The summed E-state index contributed by atoms with van der Waals surface area (Å²) in [6.45, 7) is 3.93. The van der Waals surface area contributed by atoms with Crippen molar-refractivity contribution >= 4 is 22.9 Å². The molecular weight excluding hydrogens is 443 g/mol. The number of nitrogens with two attached hydrogens (primary N) is 1. The minimum absolute atomic E-state index is 0.287. The third kappa shape index (κ3) is 4.33. The molecule has 0 bridgehead atoms. The van der Waals surface area contributed by atoms with Crippen molar-refractivity contribution in [3.63, 3.8) is 0 Å². The summed E-state index contributed by atoms with van der Waals surface area (Å²) in [7, 11) is 0. The van der Waals surface area contributed by atoms with Crippen molar-refractivity contribution in [3.05, 3.63) is 101 Å². The van der Waals surface area contributed by atoms with E-state index in [4.69, 9.17) is 10.7 Å². The minimum Gasteiger partial charge on any atom is -0.383 e. The first kappa shape index (κ1) is 22.2. The third-order valence-corrected chi connectivity index (χ3v) is 5.79. The highest BCUT2D eigenvalue weighted by Crippen LogP contribution is 2.30. The fourth-order valence-corrected chi connectivity index (χ4v) is 3.88. The predicted octanol–water partition coefficient (Wildman–Crippen LogP) is 4.75. The first-order valence-electron chi connectivity index (χ1n) is 11.1. The lowest BCUT2D eigenvalue weighted by Gasteiger charge is -2.11.